The first-order valence-corrected chi connectivity index (χ1v) is 9.91. The topological polar surface area (TPSA) is 38.3 Å². The zero-order valence-electron chi connectivity index (χ0n) is 16.2. The highest BCUT2D eigenvalue weighted by atomic mass is 16.5. The summed E-state index contributed by atoms with van der Waals surface area (Å²) in [6.45, 7) is 6.54. The fourth-order valence-electron chi connectivity index (χ4n) is 2.85. The molecular formula is C24H31NO2. The third-order valence-corrected chi connectivity index (χ3v) is 4.43. The second-order valence-electron chi connectivity index (χ2n) is 6.70. The van der Waals surface area contributed by atoms with Crippen molar-refractivity contribution in [2.24, 2.45) is 0 Å². The molecule has 0 heterocycles. The van der Waals surface area contributed by atoms with E-state index in [0.29, 0.717) is 6.42 Å². The van der Waals surface area contributed by atoms with E-state index in [1.807, 2.05) is 60.7 Å². The van der Waals surface area contributed by atoms with Gasteiger partial charge in [-0.25, -0.2) is 0 Å². The highest BCUT2D eigenvalue weighted by molar-refractivity contribution is 5.97. The van der Waals surface area contributed by atoms with Crippen molar-refractivity contribution in [3.8, 4) is 5.75 Å². The fourth-order valence-corrected chi connectivity index (χ4v) is 2.85. The minimum Gasteiger partial charge on any atom is -0.494 e. The van der Waals surface area contributed by atoms with Crippen molar-refractivity contribution in [3.63, 3.8) is 0 Å². The van der Waals surface area contributed by atoms with Crippen LogP contribution in [0.5, 0.6) is 5.75 Å². The van der Waals surface area contributed by atoms with Crippen LogP contribution >= 0.6 is 0 Å². The van der Waals surface area contributed by atoms with Gasteiger partial charge in [-0.05, 0) is 62.2 Å². The van der Waals surface area contributed by atoms with Gasteiger partial charge in [0.15, 0.2) is 5.78 Å². The number of carbonyl (C=O) groups is 1. The van der Waals surface area contributed by atoms with Gasteiger partial charge in [0.25, 0.3) is 0 Å². The predicted octanol–water partition coefficient (Wildman–Crippen LogP) is 5.22. The van der Waals surface area contributed by atoms with Crippen molar-refractivity contribution in [1.29, 1.82) is 0 Å². The quantitative estimate of drug-likeness (QED) is 0.283. The molecule has 0 aliphatic carbocycles. The molecule has 0 unspecified atom stereocenters. The number of carbonyl (C=O) groups excluding carboxylic acids is 1. The largest absolute Gasteiger partial charge is 0.494 e. The number of ether oxygens (including phenoxy) is 1. The summed E-state index contributed by atoms with van der Waals surface area (Å²) in [5, 5.41) is 3.40. The minimum atomic E-state index is 0.134. The van der Waals surface area contributed by atoms with Crippen LogP contribution in [-0.2, 0) is 6.42 Å². The van der Waals surface area contributed by atoms with Gasteiger partial charge in [0.2, 0.25) is 0 Å². The monoisotopic (exact) mass is 365 g/mol. The lowest BCUT2D eigenvalue weighted by molar-refractivity contribution is 0.0993. The first-order chi connectivity index (χ1) is 13.3. The maximum Gasteiger partial charge on any atom is 0.167 e. The summed E-state index contributed by atoms with van der Waals surface area (Å²) >= 11 is 0. The number of Topliss-reactive ketones (excluding diaryl/α,β-unsaturated/α-hetero) is 1. The summed E-state index contributed by atoms with van der Waals surface area (Å²) in [7, 11) is 0. The molecule has 0 spiro atoms. The number of rotatable bonds is 14. The lowest BCUT2D eigenvalue weighted by Gasteiger charge is -2.07. The summed E-state index contributed by atoms with van der Waals surface area (Å²) in [6.07, 6.45) is 8.06. The first kappa shape index (κ1) is 20.9. The van der Waals surface area contributed by atoms with E-state index >= 15 is 0 Å². The van der Waals surface area contributed by atoms with Crippen molar-refractivity contribution >= 4 is 5.78 Å². The van der Waals surface area contributed by atoms with Crippen LogP contribution in [0.2, 0.25) is 0 Å². The predicted molar refractivity (Wildman–Crippen MR) is 113 cm³/mol. The number of ketones is 1. The van der Waals surface area contributed by atoms with E-state index < -0.39 is 0 Å². The average molecular weight is 366 g/mol. The zero-order valence-corrected chi connectivity index (χ0v) is 16.2. The molecule has 3 nitrogen and oxygen atoms in total. The van der Waals surface area contributed by atoms with Gasteiger partial charge >= 0.3 is 0 Å². The van der Waals surface area contributed by atoms with Gasteiger partial charge in [-0.15, -0.1) is 6.58 Å². The van der Waals surface area contributed by atoms with Crippen LogP contribution in [-0.4, -0.2) is 25.5 Å². The second-order valence-corrected chi connectivity index (χ2v) is 6.70. The van der Waals surface area contributed by atoms with Crippen molar-refractivity contribution in [1.82, 2.24) is 5.32 Å². The standard InChI is InChI=1S/C24H31NO2/c1-2-3-17-25-18-9-4-5-10-19-27-23-15-13-22(14-16-23)24(26)20-21-11-7-6-8-12-21/h2,6-8,11-16,25H,1,3-5,9-10,17-20H2. The Labute approximate surface area is 163 Å². The summed E-state index contributed by atoms with van der Waals surface area (Å²) < 4.78 is 5.78. The van der Waals surface area contributed by atoms with Gasteiger partial charge in [-0.2, -0.15) is 0 Å². The van der Waals surface area contributed by atoms with Crippen LogP contribution in [0, 0.1) is 0 Å². The van der Waals surface area contributed by atoms with Gasteiger partial charge in [0, 0.05) is 12.0 Å². The molecule has 0 fully saturated rings. The molecule has 0 atom stereocenters. The van der Waals surface area contributed by atoms with E-state index in [9.17, 15) is 4.79 Å². The summed E-state index contributed by atoms with van der Waals surface area (Å²) in [6, 6.07) is 17.3. The summed E-state index contributed by atoms with van der Waals surface area (Å²) in [5.74, 6) is 0.965. The maximum absolute atomic E-state index is 12.3. The molecule has 0 aliphatic rings. The van der Waals surface area contributed by atoms with Crippen molar-refractivity contribution < 1.29 is 9.53 Å². The van der Waals surface area contributed by atoms with Crippen LogP contribution in [0.4, 0.5) is 0 Å². The van der Waals surface area contributed by atoms with Crippen molar-refractivity contribution in [2.45, 2.75) is 38.5 Å². The Morgan fingerprint density at radius 3 is 2.41 bits per heavy atom. The minimum absolute atomic E-state index is 0.134. The van der Waals surface area contributed by atoms with Crippen molar-refractivity contribution in [2.75, 3.05) is 19.7 Å². The Hall–Kier alpha value is -2.39. The molecule has 27 heavy (non-hydrogen) atoms. The number of benzene rings is 2. The van der Waals surface area contributed by atoms with Gasteiger partial charge in [-0.1, -0.05) is 49.2 Å². The molecule has 3 heteroatoms. The van der Waals surface area contributed by atoms with E-state index in [0.717, 1.165) is 49.4 Å². The molecule has 2 rings (SSSR count). The molecule has 144 valence electrons. The van der Waals surface area contributed by atoms with E-state index in [-0.39, 0.29) is 5.78 Å². The molecule has 0 saturated carbocycles. The normalized spacial score (nSPS) is 10.5. The lowest BCUT2D eigenvalue weighted by Crippen LogP contribution is -2.15. The Morgan fingerprint density at radius 1 is 0.926 bits per heavy atom. The number of hydrogen-bond donors (Lipinski definition) is 1. The highest BCUT2D eigenvalue weighted by Crippen LogP contribution is 2.15. The Bertz CT molecular complexity index is 665. The zero-order chi connectivity index (χ0) is 19.2. The molecule has 2 aromatic rings. The average Bonchev–Trinajstić information content (AvgIpc) is 2.70. The highest BCUT2D eigenvalue weighted by Gasteiger charge is 2.07. The number of unbranched alkanes of at least 4 members (excludes halogenated alkanes) is 3. The number of nitrogens with one attached hydrogen (secondary N) is 1. The van der Waals surface area contributed by atoms with E-state index in [1.165, 1.54) is 19.3 Å². The van der Waals surface area contributed by atoms with Crippen LogP contribution < -0.4 is 10.1 Å². The SMILES string of the molecule is C=CCCNCCCCCCOc1ccc(C(=O)Cc2ccccc2)cc1. The summed E-state index contributed by atoms with van der Waals surface area (Å²) in [5.41, 5.74) is 1.77. The van der Waals surface area contributed by atoms with Gasteiger partial charge in [0.1, 0.15) is 5.75 Å². The Kier molecular flexibility index (Phi) is 9.98. The van der Waals surface area contributed by atoms with E-state index in [2.05, 4.69) is 11.9 Å². The molecule has 0 saturated heterocycles. The summed E-state index contributed by atoms with van der Waals surface area (Å²) in [4.78, 5) is 12.3. The smallest absolute Gasteiger partial charge is 0.167 e. The molecule has 2 aromatic carbocycles. The van der Waals surface area contributed by atoms with Gasteiger partial charge in [0.05, 0.1) is 6.61 Å². The van der Waals surface area contributed by atoms with Crippen LogP contribution in [0.15, 0.2) is 67.3 Å². The first-order valence-electron chi connectivity index (χ1n) is 9.91. The molecule has 0 amide bonds. The van der Waals surface area contributed by atoms with Crippen LogP contribution in [0.1, 0.15) is 48.0 Å². The van der Waals surface area contributed by atoms with E-state index in [4.69, 9.17) is 4.74 Å². The van der Waals surface area contributed by atoms with Crippen LogP contribution in [0.3, 0.4) is 0 Å². The third-order valence-electron chi connectivity index (χ3n) is 4.43. The third kappa shape index (κ3) is 8.69. The van der Waals surface area contributed by atoms with Crippen LogP contribution in [0.25, 0.3) is 0 Å². The van der Waals surface area contributed by atoms with Gasteiger partial charge < -0.3 is 10.1 Å². The van der Waals surface area contributed by atoms with Crippen molar-refractivity contribution in [3.05, 3.63) is 78.4 Å². The second kappa shape index (κ2) is 12.9. The molecule has 1 N–H and O–H groups in total. The lowest BCUT2D eigenvalue weighted by atomic mass is 10.0. The molecule has 0 radical (unpaired) electrons. The fraction of sp³-hybridized carbons (Fsp3) is 0.375. The Balaban J connectivity index is 1.59. The molecular weight excluding hydrogens is 334 g/mol. The molecule has 0 bridgehead atoms. The number of hydrogen-bond acceptors (Lipinski definition) is 3. The van der Waals surface area contributed by atoms with E-state index in [1.54, 1.807) is 0 Å². The molecule has 0 aliphatic heterocycles. The maximum atomic E-state index is 12.3. The Morgan fingerprint density at radius 2 is 1.67 bits per heavy atom. The van der Waals surface area contributed by atoms with Gasteiger partial charge in [-0.3, -0.25) is 4.79 Å². The molecule has 0 aromatic heterocycles.